The maximum absolute atomic E-state index is 14.6. The number of benzene rings is 5. The molecule has 0 aliphatic carbocycles. The van der Waals surface area contributed by atoms with E-state index in [0.29, 0.717) is 27.3 Å². The molecule has 0 spiro atoms. The predicted molar refractivity (Wildman–Crippen MR) is 326 cm³/mol. The normalized spacial score (nSPS) is 19.4. The number of aliphatic carboxylic acids is 2. The van der Waals surface area contributed by atoms with Crippen LogP contribution in [-0.4, -0.2) is 104 Å². The first-order chi connectivity index (χ1) is 40.5. The molecule has 0 fully saturated rings. The fourth-order valence-corrected chi connectivity index (χ4v) is 12.8. The van der Waals surface area contributed by atoms with Crippen molar-refractivity contribution in [2.75, 3.05) is 27.5 Å². The molecule has 0 bridgehead atoms. The third-order valence-electron chi connectivity index (χ3n) is 11.4. The summed E-state index contributed by atoms with van der Waals surface area (Å²) >= 11 is 7.33. The number of hydrogen-bond donors (Lipinski definition) is 10. The lowest BCUT2D eigenvalue weighted by molar-refractivity contribution is -0.388. The number of carbonyl (C=O) groups is 2. The van der Waals surface area contributed by atoms with E-state index >= 15 is 0 Å². The number of nitro groups is 2. The van der Waals surface area contributed by atoms with Gasteiger partial charge in [-0.2, -0.15) is 9.59 Å². The summed E-state index contributed by atoms with van der Waals surface area (Å²) in [5, 5.41) is 57.9. The Hall–Kier alpha value is -8.35. The Balaban J connectivity index is 0.000000315. The van der Waals surface area contributed by atoms with Crippen molar-refractivity contribution in [1.82, 2.24) is 0 Å². The van der Waals surface area contributed by atoms with Crippen molar-refractivity contribution < 1.29 is 79.5 Å². The van der Waals surface area contributed by atoms with E-state index in [2.05, 4.69) is 40.4 Å². The summed E-state index contributed by atoms with van der Waals surface area (Å²) in [5.41, 5.74) is 20.1. The average Bonchev–Trinajstić information content (AvgIpc) is 2.62. The summed E-state index contributed by atoms with van der Waals surface area (Å²) in [4.78, 5) is 67.1. The zero-order chi connectivity index (χ0) is 65.8. The highest BCUT2D eigenvalue weighted by Gasteiger charge is 2.40. The molecule has 466 valence electrons. The molecule has 3 heterocycles. The van der Waals surface area contributed by atoms with Crippen molar-refractivity contribution in [1.29, 1.82) is 0 Å². The fraction of sp³-hybridized carbons (Fsp3) is 0.216. The third-order valence-corrected chi connectivity index (χ3v) is 18.0. The molecule has 36 heteroatoms. The molecule has 3 aliphatic heterocycles. The topological polar surface area (TPSA) is 469 Å². The highest BCUT2D eigenvalue weighted by Crippen LogP contribution is 2.42. The quantitative estimate of drug-likeness (QED) is 0.0245. The van der Waals surface area contributed by atoms with Gasteiger partial charge in [0.2, 0.25) is 0 Å². The van der Waals surface area contributed by atoms with Gasteiger partial charge in [0.1, 0.15) is 34.1 Å². The number of amidine groups is 3. The van der Waals surface area contributed by atoms with E-state index in [1.165, 1.54) is 95.9 Å². The molecule has 8 rings (SSSR count). The van der Waals surface area contributed by atoms with E-state index in [0.717, 1.165) is 43.3 Å². The summed E-state index contributed by atoms with van der Waals surface area (Å²) in [6.45, 7) is 5.48. The summed E-state index contributed by atoms with van der Waals surface area (Å²) < 4.78 is 98.1. The lowest BCUT2D eigenvalue weighted by atomic mass is 9.89. The summed E-state index contributed by atoms with van der Waals surface area (Å²) in [6, 6.07) is 21.7. The average molecular weight is 1370 g/mol. The fourth-order valence-electron chi connectivity index (χ4n) is 7.29. The van der Waals surface area contributed by atoms with Crippen molar-refractivity contribution >= 4 is 133 Å². The molecule has 87 heavy (non-hydrogen) atoms. The van der Waals surface area contributed by atoms with Gasteiger partial charge in [-0.05, 0) is 110 Å². The number of para-hydroxylation sites is 2. The Morgan fingerprint density at radius 3 is 1.46 bits per heavy atom. The molecule has 5 atom stereocenters. The minimum atomic E-state index is -4.28. The van der Waals surface area contributed by atoms with Crippen LogP contribution in [0.5, 0.6) is 0 Å². The van der Waals surface area contributed by atoms with Crippen LogP contribution in [0.1, 0.15) is 44.4 Å². The van der Waals surface area contributed by atoms with Crippen molar-refractivity contribution in [3.8, 4) is 0 Å². The minimum Gasteiger partial charge on any atom is -0.481 e. The number of rotatable bonds is 13. The first-order valence-electron chi connectivity index (χ1n) is 23.9. The van der Waals surface area contributed by atoms with E-state index < -0.39 is 104 Å². The van der Waals surface area contributed by atoms with Crippen LogP contribution in [-0.2, 0) is 55.8 Å². The van der Waals surface area contributed by atoms with Crippen LogP contribution in [0.4, 0.5) is 41.6 Å². The van der Waals surface area contributed by atoms with Crippen molar-refractivity contribution in [2.45, 2.75) is 65.0 Å². The number of carbonyl (C=O) groups excluding carboxylic acids is 2. The van der Waals surface area contributed by atoms with Crippen LogP contribution >= 0.6 is 51.2 Å². The Labute approximate surface area is 514 Å². The van der Waals surface area contributed by atoms with Gasteiger partial charge in [-0.25, -0.2) is 44.8 Å². The number of aliphatic hydroxyl groups is 2. The molecular formula is C51H53BrF3N11O16S5. The van der Waals surface area contributed by atoms with Crippen molar-refractivity contribution in [3.63, 3.8) is 0 Å². The number of thioether (sulfide) groups is 3. The highest BCUT2D eigenvalue weighted by molar-refractivity contribution is 9.09. The number of sulfonamides is 2. The molecule has 5 aromatic carbocycles. The molecule has 5 aromatic rings. The number of aliphatic hydroxyl groups excluding tert-OH is 2. The van der Waals surface area contributed by atoms with Crippen LogP contribution in [0.2, 0.25) is 0 Å². The lowest BCUT2D eigenvalue weighted by Crippen LogP contribution is -2.39. The molecule has 27 nitrogen and oxygen atoms in total. The largest absolute Gasteiger partial charge is 0.481 e. The number of nitrogens with zero attached hydrogens (tertiary/aromatic N) is 5. The highest BCUT2D eigenvalue weighted by atomic mass is 79.9. The zero-order valence-electron chi connectivity index (χ0n) is 45.5. The van der Waals surface area contributed by atoms with Gasteiger partial charge < -0.3 is 43.4 Å². The number of carboxylic acids is 2. The van der Waals surface area contributed by atoms with Gasteiger partial charge in [-0.15, -0.1) is 0 Å². The summed E-state index contributed by atoms with van der Waals surface area (Å²) in [7, 11) is -8.56. The minimum absolute atomic E-state index is 0.0381. The van der Waals surface area contributed by atoms with E-state index in [1.54, 1.807) is 38.3 Å². The Morgan fingerprint density at radius 1 is 0.701 bits per heavy atom. The van der Waals surface area contributed by atoms with Crippen molar-refractivity contribution in [2.24, 2.45) is 32.2 Å². The maximum Gasteiger partial charge on any atom is 0.373 e. The molecule has 14 N–H and O–H groups in total. The van der Waals surface area contributed by atoms with Crippen molar-refractivity contribution in [3.05, 3.63) is 180 Å². The molecule has 0 radical (unpaired) electrons. The number of hydrogen-bond acceptors (Lipinski definition) is 24. The standard InChI is InChI=1S/C17H16BrFN4O4S2.C17H15FN4O4S2.C11H12FN3S.C3H6O4.C2H4O2.CO2/c1-17(15(18)9-28-16(20)21-17)11-8-10(6-7-12(11)19)22-29(26,27)14-5-3-2-4-13(14)23(24)25;1-17(8-9-27-16(19)20-17)12-10-11(6-7-13(12)18)21-28(25,26)15-5-3-2-4-14(15)22(23)24;1-11(4-5-16-10(14)15-11)8-6-7(13)2-3-9(8)12;4-1-2(5)3(6)7;1-2(3)4;2-1-3/h2-8,15,22H,9H2,1H3,(H2,20,21);2-10,21H,1H3,(H2,19,20);2-6H,13H2,1H3,(H2,14,15);2,4-5H,1H2,(H,6,7);1H3,(H,3,4);/t15-,17+;17-;11-;2-;;/m0001../s1. The number of nitro benzene ring substituents is 2. The van der Waals surface area contributed by atoms with Crippen LogP contribution in [0.25, 0.3) is 0 Å². The Kier molecular flexibility index (Phi) is 26.7. The molecule has 3 aliphatic rings. The van der Waals surface area contributed by atoms with E-state index in [4.69, 9.17) is 57.7 Å². The van der Waals surface area contributed by atoms with E-state index in [1.807, 2.05) is 11.5 Å². The van der Waals surface area contributed by atoms with Gasteiger partial charge >= 0.3 is 12.1 Å². The zero-order valence-corrected chi connectivity index (χ0v) is 51.1. The van der Waals surface area contributed by atoms with E-state index in [-0.39, 0.29) is 44.5 Å². The second kappa shape index (κ2) is 31.9. The van der Waals surface area contributed by atoms with Crippen LogP contribution in [0.15, 0.2) is 151 Å². The van der Waals surface area contributed by atoms with Gasteiger partial charge in [-0.3, -0.25) is 39.5 Å². The SMILES string of the molecule is CC(=O)O.C[C@@]1(c2cc(N)ccc2F)C=CSC(N)=N1.C[C@@]1(c2cc(NS(=O)(=O)c3ccccc3[N+](=O)[O-])ccc2F)C=CSC(N)=N1.C[C@]1(c2cc(NS(=O)(=O)c3ccccc3[N+](=O)[O-])ccc2F)N=C(N)SC[C@@H]1Br.O=C(O)[C@H](O)CO.O=C=O. The van der Waals surface area contributed by atoms with Gasteiger partial charge in [0.15, 0.2) is 31.4 Å². The molecule has 0 saturated heterocycles. The smallest absolute Gasteiger partial charge is 0.373 e. The second-order valence-corrected chi connectivity index (χ2v) is 25.1. The lowest BCUT2D eigenvalue weighted by Gasteiger charge is -2.35. The van der Waals surface area contributed by atoms with Gasteiger partial charge in [0.25, 0.3) is 37.4 Å². The number of nitrogens with two attached hydrogens (primary N) is 4. The molecular weight excluding hydrogens is 1320 g/mol. The number of anilines is 3. The molecule has 0 unspecified atom stereocenters. The maximum atomic E-state index is 14.6. The monoisotopic (exact) mass is 1370 g/mol. The number of alkyl halides is 1. The number of aliphatic imine (C=N–C) groups is 3. The van der Waals surface area contributed by atoms with Gasteiger partial charge in [-0.1, -0.05) is 75.5 Å². The number of carboxylic acid groups (broad SMARTS) is 2. The number of halogens is 4. The van der Waals surface area contributed by atoms with Gasteiger partial charge in [0.05, 0.1) is 21.3 Å². The molecule has 0 saturated carbocycles. The Bertz CT molecular complexity index is 3810. The second-order valence-electron chi connectivity index (χ2n) is 17.8. The summed E-state index contributed by atoms with van der Waals surface area (Å²) in [6.07, 6.45) is 2.08. The number of nitrogens with one attached hydrogen (secondary N) is 2. The van der Waals surface area contributed by atoms with Crippen LogP contribution < -0.4 is 32.4 Å². The third kappa shape index (κ3) is 20.7. The Morgan fingerprint density at radius 2 is 1.08 bits per heavy atom. The number of nitrogen functional groups attached to an aromatic ring is 1. The molecule has 0 amide bonds. The molecule has 0 aromatic heterocycles. The van der Waals surface area contributed by atoms with Crippen LogP contribution in [0.3, 0.4) is 0 Å². The van der Waals surface area contributed by atoms with E-state index in [9.17, 15) is 55.0 Å². The van der Waals surface area contributed by atoms with Crippen LogP contribution in [0, 0.1) is 37.7 Å². The first kappa shape index (κ1) is 72.9. The summed E-state index contributed by atoms with van der Waals surface area (Å²) in [5.74, 6) is -3.18. The first-order valence-corrected chi connectivity index (χ1v) is 30.5. The predicted octanol–water partition coefficient (Wildman–Crippen LogP) is 7.03. The van der Waals surface area contributed by atoms with Gasteiger partial charge in [0, 0.05) is 58.6 Å².